The average molecular weight is 526 g/mol. The second-order valence-corrected chi connectivity index (χ2v) is 7.80. The van der Waals surface area contributed by atoms with Gasteiger partial charge in [-0.1, -0.05) is 28.1 Å². The Morgan fingerprint density at radius 2 is 1.74 bits per heavy atom. The molecule has 3 aromatic carbocycles. The van der Waals surface area contributed by atoms with Gasteiger partial charge in [0, 0.05) is 10.0 Å². The van der Waals surface area contributed by atoms with Crippen LogP contribution in [-0.4, -0.2) is 38.4 Å². The zero-order chi connectivity index (χ0) is 24.3. The molecule has 0 saturated carbocycles. The van der Waals surface area contributed by atoms with Crippen molar-refractivity contribution < 1.29 is 23.8 Å². The summed E-state index contributed by atoms with van der Waals surface area (Å²) in [5, 5.41) is 6.76. The monoisotopic (exact) mass is 525 g/mol. The average Bonchev–Trinajstić information content (AvgIpc) is 2.84. The van der Waals surface area contributed by atoms with Crippen LogP contribution >= 0.6 is 15.9 Å². The van der Waals surface area contributed by atoms with Crippen LogP contribution in [0.15, 0.2) is 76.3 Å². The summed E-state index contributed by atoms with van der Waals surface area (Å²) < 4.78 is 17.4. The quantitative estimate of drug-likeness (QED) is 0.297. The van der Waals surface area contributed by atoms with Crippen molar-refractivity contribution in [2.24, 2.45) is 5.10 Å². The Hall–Kier alpha value is -3.85. The molecule has 0 unspecified atom stereocenters. The molecule has 9 heteroatoms. The molecule has 0 aromatic heterocycles. The highest BCUT2D eigenvalue weighted by Gasteiger charge is 2.11. The Morgan fingerprint density at radius 3 is 2.47 bits per heavy atom. The normalized spacial score (nSPS) is 10.6. The molecule has 2 N–H and O–H groups in total. The summed E-state index contributed by atoms with van der Waals surface area (Å²) >= 11 is 3.33. The van der Waals surface area contributed by atoms with Crippen LogP contribution < -0.4 is 25.0 Å². The van der Waals surface area contributed by atoms with Crippen LogP contribution in [0.1, 0.15) is 22.8 Å². The first-order valence-corrected chi connectivity index (χ1v) is 11.2. The van der Waals surface area contributed by atoms with Crippen molar-refractivity contribution in [1.82, 2.24) is 5.43 Å². The van der Waals surface area contributed by atoms with Crippen LogP contribution in [0.25, 0.3) is 0 Å². The molecule has 0 aliphatic rings. The number of halogens is 1. The summed E-state index contributed by atoms with van der Waals surface area (Å²) in [4.78, 5) is 24.5. The molecule has 2 amide bonds. The maximum absolute atomic E-state index is 12.3. The minimum absolute atomic E-state index is 0.213. The fourth-order valence-corrected chi connectivity index (χ4v) is 3.17. The second kappa shape index (κ2) is 12.4. The summed E-state index contributed by atoms with van der Waals surface area (Å²) in [6.07, 6.45) is 1.50. The van der Waals surface area contributed by atoms with Crippen molar-refractivity contribution in [3.8, 4) is 17.2 Å². The molecule has 0 bridgehead atoms. The summed E-state index contributed by atoms with van der Waals surface area (Å²) in [6, 6.07) is 19.2. The van der Waals surface area contributed by atoms with E-state index in [-0.39, 0.29) is 18.4 Å². The first kappa shape index (κ1) is 24.8. The maximum atomic E-state index is 12.3. The zero-order valence-corrected chi connectivity index (χ0v) is 20.3. The number of hydrogen-bond acceptors (Lipinski definition) is 6. The van der Waals surface area contributed by atoms with Crippen LogP contribution in [0.2, 0.25) is 0 Å². The number of anilines is 1. The molecular weight excluding hydrogens is 502 g/mol. The summed E-state index contributed by atoms with van der Waals surface area (Å²) in [5.74, 6) is 0.758. The molecule has 0 aliphatic heterocycles. The minimum atomic E-state index is -0.340. The van der Waals surface area contributed by atoms with E-state index in [0.717, 1.165) is 4.47 Å². The number of nitrogens with one attached hydrogen (secondary N) is 2. The van der Waals surface area contributed by atoms with Crippen molar-refractivity contribution >= 4 is 39.6 Å². The van der Waals surface area contributed by atoms with E-state index in [2.05, 4.69) is 31.8 Å². The van der Waals surface area contributed by atoms with E-state index in [1.807, 2.05) is 13.0 Å². The summed E-state index contributed by atoms with van der Waals surface area (Å²) in [7, 11) is 1.53. The van der Waals surface area contributed by atoms with Gasteiger partial charge in [-0.3, -0.25) is 9.59 Å². The maximum Gasteiger partial charge on any atom is 0.271 e. The van der Waals surface area contributed by atoms with Crippen molar-refractivity contribution in [2.75, 3.05) is 25.6 Å². The highest BCUT2D eigenvalue weighted by atomic mass is 79.9. The van der Waals surface area contributed by atoms with Crippen molar-refractivity contribution in [2.45, 2.75) is 6.92 Å². The number of carbonyl (C=O) groups excluding carboxylic acids is 2. The Labute approximate surface area is 206 Å². The highest BCUT2D eigenvalue weighted by molar-refractivity contribution is 9.10. The first-order chi connectivity index (χ1) is 16.5. The summed E-state index contributed by atoms with van der Waals surface area (Å²) in [5.41, 5.74) is 4.22. The molecule has 0 spiro atoms. The van der Waals surface area contributed by atoms with Crippen LogP contribution in [0.3, 0.4) is 0 Å². The van der Waals surface area contributed by atoms with Gasteiger partial charge in [0.15, 0.2) is 18.1 Å². The number of benzene rings is 3. The Morgan fingerprint density at radius 1 is 0.971 bits per heavy atom. The van der Waals surface area contributed by atoms with E-state index in [4.69, 9.17) is 14.2 Å². The molecule has 3 aromatic rings. The third kappa shape index (κ3) is 7.08. The van der Waals surface area contributed by atoms with Gasteiger partial charge in [-0.25, -0.2) is 5.43 Å². The van der Waals surface area contributed by atoms with Crippen molar-refractivity contribution in [3.05, 3.63) is 82.3 Å². The predicted octanol–water partition coefficient (Wildman–Crippen LogP) is 4.64. The number of rotatable bonds is 10. The Balaban J connectivity index is 1.60. The van der Waals surface area contributed by atoms with E-state index in [1.165, 1.54) is 13.3 Å². The fraction of sp³-hybridized carbons (Fsp3) is 0.160. The second-order valence-electron chi connectivity index (χ2n) is 6.88. The van der Waals surface area contributed by atoms with Gasteiger partial charge in [0.05, 0.1) is 25.6 Å². The van der Waals surface area contributed by atoms with Gasteiger partial charge < -0.3 is 19.5 Å². The van der Waals surface area contributed by atoms with E-state index in [9.17, 15) is 9.59 Å². The molecule has 0 atom stereocenters. The zero-order valence-electron chi connectivity index (χ0n) is 18.7. The number of carbonyl (C=O) groups is 2. The molecule has 3 rings (SSSR count). The number of ether oxygens (including phenoxy) is 3. The van der Waals surface area contributed by atoms with Gasteiger partial charge >= 0.3 is 0 Å². The first-order valence-electron chi connectivity index (χ1n) is 10.4. The standard InChI is InChI=1S/C25H24BrN3O5/c1-3-33-23-14-17(15-27-29-25(31)18-9-11-19(26)12-10-18)8-13-22(23)34-16-24(30)28-20-6-4-5-7-21(20)32-2/h4-15H,3,16H2,1-2H3,(H,28,30)(H,29,31)/b27-15+. The molecule has 0 saturated heterocycles. The van der Waals surface area contributed by atoms with E-state index < -0.39 is 0 Å². The lowest BCUT2D eigenvalue weighted by Gasteiger charge is -2.13. The Kier molecular flexibility index (Phi) is 9.04. The lowest BCUT2D eigenvalue weighted by molar-refractivity contribution is -0.118. The van der Waals surface area contributed by atoms with Gasteiger partial charge in [0.25, 0.3) is 11.8 Å². The number of para-hydroxylation sites is 2. The predicted molar refractivity (Wildman–Crippen MR) is 134 cm³/mol. The molecule has 0 heterocycles. The number of hydrogen-bond donors (Lipinski definition) is 2. The Bertz CT molecular complexity index is 1170. The van der Waals surface area contributed by atoms with Crippen molar-refractivity contribution in [1.29, 1.82) is 0 Å². The minimum Gasteiger partial charge on any atom is -0.495 e. The van der Waals surface area contributed by atoms with Crippen LogP contribution in [0.5, 0.6) is 17.2 Å². The number of methoxy groups -OCH3 is 1. The SMILES string of the molecule is CCOc1cc(/C=N/NC(=O)c2ccc(Br)cc2)ccc1OCC(=O)Nc1ccccc1OC. The lowest BCUT2D eigenvalue weighted by Crippen LogP contribution is -2.20. The molecule has 0 radical (unpaired) electrons. The van der Waals surface area contributed by atoms with Gasteiger partial charge in [-0.2, -0.15) is 5.10 Å². The molecule has 8 nitrogen and oxygen atoms in total. The van der Waals surface area contributed by atoms with Gasteiger partial charge in [0.1, 0.15) is 5.75 Å². The molecule has 34 heavy (non-hydrogen) atoms. The highest BCUT2D eigenvalue weighted by Crippen LogP contribution is 2.28. The van der Waals surface area contributed by atoms with Crippen LogP contribution in [0.4, 0.5) is 5.69 Å². The van der Waals surface area contributed by atoms with E-state index in [0.29, 0.717) is 40.7 Å². The largest absolute Gasteiger partial charge is 0.495 e. The van der Waals surface area contributed by atoms with E-state index >= 15 is 0 Å². The fourth-order valence-electron chi connectivity index (χ4n) is 2.90. The van der Waals surface area contributed by atoms with Gasteiger partial charge in [0.2, 0.25) is 0 Å². The van der Waals surface area contributed by atoms with E-state index in [1.54, 1.807) is 60.7 Å². The van der Waals surface area contributed by atoms with Crippen LogP contribution in [0, 0.1) is 0 Å². The number of amides is 2. The molecule has 0 aliphatic carbocycles. The third-order valence-electron chi connectivity index (χ3n) is 4.49. The molecular formula is C25H24BrN3O5. The van der Waals surface area contributed by atoms with Gasteiger partial charge in [-0.05, 0) is 67.1 Å². The van der Waals surface area contributed by atoms with Crippen molar-refractivity contribution in [3.63, 3.8) is 0 Å². The molecule has 176 valence electrons. The lowest BCUT2D eigenvalue weighted by atomic mass is 10.2. The summed E-state index contributed by atoms with van der Waals surface area (Å²) in [6.45, 7) is 2.04. The number of nitrogens with zero attached hydrogens (tertiary/aromatic N) is 1. The van der Waals surface area contributed by atoms with Gasteiger partial charge in [-0.15, -0.1) is 0 Å². The topological polar surface area (TPSA) is 98.3 Å². The third-order valence-corrected chi connectivity index (χ3v) is 5.02. The smallest absolute Gasteiger partial charge is 0.271 e. The number of hydrazone groups is 1. The van der Waals surface area contributed by atoms with Crippen LogP contribution in [-0.2, 0) is 4.79 Å². The molecule has 0 fully saturated rings.